The summed E-state index contributed by atoms with van der Waals surface area (Å²) in [5.74, 6) is 0.635. The zero-order chi connectivity index (χ0) is 40.0. The monoisotopic (exact) mass is 811 g/mol. The minimum Gasteiger partial charge on any atom is -0.309 e. The lowest BCUT2D eigenvalue weighted by molar-refractivity contribution is 0.500. The normalized spacial score (nSPS) is 14.5. The fourth-order valence-corrected chi connectivity index (χ4v) is 12.4. The third-order valence-electron chi connectivity index (χ3n) is 13.2. The van der Waals surface area contributed by atoms with Crippen LogP contribution in [0.15, 0.2) is 182 Å². The average molecular weight is 812 g/mol. The number of fused-ring (bicyclic) bond motifs is 12. The number of allylic oxidation sites excluding steroid dienone is 1. The number of benzene rings is 8. The first-order valence-corrected chi connectivity index (χ1v) is 22.8. The summed E-state index contributed by atoms with van der Waals surface area (Å²) in [6.45, 7) is 0. The predicted molar refractivity (Wildman–Crippen MR) is 263 cm³/mol. The Labute approximate surface area is 362 Å². The van der Waals surface area contributed by atoms with E-state index in [1.54, 1.807) is 0 Å². The van der Waals surface area contributed by atoms with E-state index in [0.717, 1.165) is 18.2 Å². The van der Waals surface area contributed by atoms with E-state index in [-0.39, 0.29) is 0 Å². The molecule has 13 rings (SSSR count). The predicted octanol–water partition coefficient (Wildman–Crippen LogP) is 16.2. The molecule has 2 unspecified atom stereocenters. The van der Waals surface area contributed by atoms with E-state index in [0.29, 0.717) is 11.8 Å². The molecule has 1 aliphatic rings. The second-order valence-electron chi connectivity index (χ2n) is 16.6. The van der Waals surface area contributed by atoms with Crippen LogP contribution in [0.25, 0.3) is 95.8 Å². The zero-order valence-corrected chi connectivity index (χ0v) is 34.9. The first-order valence-electron chi connectivity index (χ1n) is 21.2. The summed E-state index contributed by atoms with van der Waals surface area (Å²) in [6, 6.07) is 72.7. The molecule has 1 nitrogen and oxygen atoms in total. The van der Waals surface area contributed by atoms with Gasteiger partial charge in [-0.25, -0.2) is 0 Å². The minimum absolute atomic E-state index is 0.297. The van der Waals surface area contributed by atoms with Crippen LogP contribution in [0.2, 0.25) is 0 Å². The number of thiophene rings is 2. The van der Waals surface area contributed by atoms with Crippen molar-refractivity contribution in [2.45, 2.75) is 18.8 Å². The van der Waals surface area contributed by atoms with Crippen molar-refractivity contribution >= 4 is 102 Å². The molecule has 3 heterocycles. The highest BCUT2D eigenvalue weighted by Crippen LogP contribution is 2.43. The van der Waals surface area contributed by atoms with Gasteiger partial charge < -0.3 is 4.57 Å². The Morgan fingerprint density at radius 2 is 1.15 bits per heavy atom. The second-order valence-corrected chi connectivity index (χ2v) is 18.8. The number of aromatic nitrogens is 1. The molecule has 0 aliphatic heterocycles. The molecule has 61 heavy (non-hydrogen) atoms. The minimum atomic E-state index is 0.297. The van der Waals surface area contributed by atoms with Crippen molar-refractivity contribution < 1.29 is 0 Å². The lowest BCUT2D eigenvalue weighted by Gasteiger charge is -2.29. The fraction of sp³-hybridized carbons (Fsp3) is 0.0690. The fourth-order valence-electron chi connectivity index (χ4n) is 10.2. The highest BCUT2D eigenvalue weighted by molar-refractivity contribution is 7.26. The quantitative estimate of drug-likeness (QED) is 0.158. The maximum atomic E-state index is 3.48. The van der Waals surface area contributed by atoms with Crippen LogP contribution in [0.3, 0.4) is 0 Å². The summed E-state index contributed by atoms with van der Waals surface area (Å²) in [5, 5.41) is 10.3. The molecule has 3 heteroatoms. The van der Waals surface area contributed by atoms with Crippen molar-refractivity contribution in [1.82, 2.24) is 4.57 Å². The highest BCUT2D eigenvalue weighted by atomic mass is 32.1. The first kappa shape index (κ1) is 34.9. The van der Waals surface area contributed by atoms with Crippen LogP contribution in [-0.4, -0.2) is 4.57 Å². The summed E-state index contributed by atoms with van der Waals surface area (Å²) in [7, 11) is 0. The topological polar surface area (TPSA) is 4.93 Å². The van der Waals surface area contributed by atoms with Crippen molar-refractivity contribution in [3.05, 3.63) is 216 Å². The Bertz CT molecular complexity index is 3730. The molecule has 0 amide bonds. The van der Waals surface area contributed by atoms with Gasteiger partial charge in [-0.05, 0) is 125 Å². The van der Waals surface area contributed by atoms with Crippen molar-refractivity contribution in [3.63, 3.8) is 0 Å². The molecule has 0 saturated carbocycles. The molecule has 3 aromatic heterocycles. The third-order valence-corrected chi connectivity index (χ3v) is 15.5. The number of hydrogen-bond acceptors (Lipinski definition) is 2. The number of rotatable bonds is 6. The molecule has 0 fully saturated rings. The number of hydrogen-bond donors (Lipinski definition) is 0. The van der Waals surface area contributed by atoms with Gasteiger partial charge in [0, 0.05) is 67.8 Å². The van der Waals surface area contributed by atoms with Crippen LogP contribution in [0.1, 0.15) is 28.2 Å². The van der Waals surface area contributed by atoms with E-state index in [9.17, 15) is 0 Å². The summed E-state index contributed by atoms with van der Waals surface area (Å²) < 4.78 is 7.82. The molecule has 0 spiro atoms. The molecule has 2 atom stereocenters. The molecule has 12 aromatic rings. The summed E-state index contributed by atoms with van der Waals surface area (Å²) >= 11 is 3.76. The average Bonchev–Trinajstić information content (AvgIpc) is 3.99. The van der Waals surface area contributed by atoms with Crippen molar-refractivity contribution in [3.8, 4) is 16.8 Å². The van der Waals surface area contributed by atoms with Gasteiger partial charge in [0.25, 0.3) is 0 Å². The van der Waals surface area contributed by atoms with E-state index in [2.05, 4.69) is 205 Å². The Morgan fingerprint density at radius 1 is 0.508 bits per heavy atom. The molecular weight excluding hydrogens is 775 g/mol. The maximum absolute atomic E-state index is 3.48. The van der Waals surface area contributed by atoms with E-state index in [4.69, 9.17) is 0 Å². The van der Waals surface area contributed by atoms with Gasteiger partial charge in [0.1, 0.15) is 0 Å². The Kier molecular flexibility index (Phi) is 7.88. The zero-order valence-electron chi connectivity index (χ0n) is 33.2. The SMILES string of the molecule is c1c2c(c3ccccc3c#1)CC(C(Cc1ccc(-c3ccc4c5ccccc5n(-c5ccc6sc7ccccc7c6c5)c4c3)cc1)c1ccc3sc4ccccc4c3c1)C=C2. The van der Waals surface area contributed by atoms with Gasteiger partial charge in [-0.3, -0.25) is 0 Å². The van der Waals surface area contributed by atoms with Crippen molar-refractivity contribution in [2.24, 2.45) is 5.92 Å². The smallest absolute Gasteiger partial charge is 0.0547 e. The summed E-state index contributed by atoms with van der Waals surface area (Å²) in [5.41, 5.74) is 11.4. The van der Waals surface area contributed by atoms with Crippen molar-refractivity contribution in [2.75, 3.05) is 0 Å². The van der Waals surface area contributed by atoms with E-state index in [1.165, 1.54) is 107 Å². The molecule has 1 aliphatic carbocycles. The van der Waals surface area contributed by atoms with Gasteiger partial charge in [-0.15, -0.1) is 22.7 Å². The van der Waals surface area contributed by atoms with Gasteiger partial charge in [0.2, 0.25) is 0 Å². The Balaban J connectivity index is 0.886. The third kappa shape index (κ3) is 5.67. The lowest BCUT2D eigenvalue weighted by atomic mass is 9.75. The van der Waals surface area contributed by atoms with Crippen LogP contribution in [0.4, 0.5) is 0 Å². The number of nitrogens with zero attached hydrogens (tertiary/aromatic N) is 1. The standard InChI is InChI=1S/C58H37NS2/c1-2-10-44-38(9-1)21-22-39-23-24-41(32-50(39)44)49(42-26-29-57-51(33-42)47-12-4-7-15-55(47)60-57)31-36-17-19-37(20-18-36)40-25-28-46-45-11-3-6-14-53(45)59(54(46)34-40)43-27-30-58-52(35-43)48-13-5-8-16-56(48)61-58/h1-20,23-30,33-35,41,49H,31-32H2. The van der Waals surface area contributed by atoms with Gasteiger partial charge in [0.05, 0.1) is 11.0 Å². The van der Waals surface area contributed by atoms with Gasteiger partial charge in [-0.1, -0.05) is 133 Å². The molecule has 286 valence electrons. The van der Waals surface area contributed by atoms with E-state index >= 15 is 0 Å². The van der Waals surface area contributed by atoms with Crippen molar-refractivity contribution in [1.29, 1.82) is 0 Å². The van der Waals surface area contributed by atoms with Gasteiger partial charge in [-0.2, -0.15) is 0 Å². The van der Waals surface area contributed by atoms with Crippen LogP contribution in [0.5, 0.6) is 0 Å². The van der Waals surface area contributed by atoms with Crippen LogP contribution < -0.4 is 0 Å². The van der Waals surface area contributed by atoms with Crippen LogP contribution >= 0.6 is 22.7 Å². The lowest BCUT2D eigenvalue weighted by Crippen LogP contribution is -2.19. The van der Waals surface area contributed by atoms with Crippen LogP contribution in [-0.2, 0) is 12.8 Å². The van der Waals surface area contributed by atoms with Crippen LogP contribution in [0, 0.1) is 18.1 Å². The summed E-state index contributed by atoms with van der Waals surface area (Å²) in [6.07, 6.45) is 6.68. The highest BCUT2D eigenvalue weighted by Gasteiger charge is 2.27. The molecule has 0 saturated heterocycles. The second kappa shape index (κ2) is 13.8. The molecule has 0 radical (unpaired) electrons. The largest absolute Gasteiger partial charge is 0.309 e. The van der Waals surface area contributed by atoms with E-state index < -0.39 is 0 Å². The Hall–Kier alpha value is -6.96. The molecular formula is C58H37NS2. The molecule has 9 aromatic carbocycles. The first-order chi connectivity index (χ1) is 30.2. The van der Waals surface area contributed by atoms with E-state index in [1.807, 2.05) is 22.7 Å². The van der Waals surface area contributed by atoms with Gasteiger partial charge >= 0.3 is 0 Å². The molecule has 0 bridgehead atoms. The summed E-state index contributed by atoms with van der Waals surface area (Å²) in [4.78, 5) is 0. The molecule has 0 N–H and O–H groups in total. The van der Waals surface area contributed by atoms with Gasteiger partial charge in [0.15, 0.2) is 0 Å². The maximum Gasteiger partial charge on any atom is 0.0547 e. The number of para-hydroxylation sites is 1. The Morgan fingerprint density at radius 3 is 1.95 bits per heavy atom.